The summed E-state index contributed by atoms with van der Waals surface area (Å²) < 4.78 is 11.0. The Balaban J connectivity index is 0.876. The van der Waals surface area contributed by atoms with Crippen LogP contribution in [0.3, 0.4) is 0 Å². The number of carbonyl (C=O) groups is 10. The van der Waals surface area contributed by atoms with E-state index in [9.17, 15) is 28.8 Å². The fourth-order valence-corrected chi connectivity index (χ4v) is 17.3. The number of hydrogen-bond acceptors (Lipinski definition) is 14. The molecule has 9 rings (SSSR count). The van der Waals surface area contributed by atoms with Gasteiger partial charge in [-0.2, -0.15) is 0 Å². The summed E-state index contributed by atoms with van der Waals surface area (Å²) in [6, 6.07) is 8.36. The van der Waals surface area contributed by atoms with Gasteiger partial charge in [-0.05, 0) is 151 Å². The molecule has 492 valence electrons. The Bertz CT molecular complexity index is 2920. The molecule has 4 N–H and O–H groups in total. The third-order valence-electron chi connectivity index (χ3n) is 19.2. The highest BCUT2D eigenvalue weighted by molar-refractivity contribution is 8.00. The average molecular weight is 1280 g/mol. The molecule has 0 radical (unpaired) electrons. The number of piperazine rings is 1. The van der Waals surface area contributed by atoms with Crippen molar-refractivity contribution in [3.05, 3.63) is 70.8 Å². The molecule has 90 heavy (non-hydrogen) atoms. The lowest BCUT2D eigenvalue weighted by Gasteiger charge is -2.43. The number of amides is 10. The Morgan fingerprint density at radius 3 is 1.23 bits per heavy atom. The monoisotopic (exact) mass is 1280 g/mol. The van der Waals surface area contributed by atoms with Gasteiger partial charge in [0.05, 0.1) is 34.7 Å². The van der Waals surface area contributed by atoms with Crippen molar-refractivity contribution in [3.8, 4) is 0 Å². The first-order valence-corrected chi connectivity index (χ1v) is 34.0. The number of rotatable bonds is 12. The number of nitrogens with one attached hydrogen (secondary N) is 4. The first-order valence-electron chi connectivity index (χ1n) is 31.9. The van der Waals surface area contributed by atoms with Gasteiger partial charge in [0.15, 0.2) is 0 Å². The number of nitrogens with zero attached hydrogens (tertiary/aromatic N) is 6. The van der Waals surface area contributed by atoms with E-state index in [2.05, 4.69) is 21.3 Å². The Morgan fingerprint density at radius 1 is 0.544 bits per heavy atom. The lowest BCUT2D eigenvalue weighted by atomic mass is 9.77. The van der Waals surface area contributed by atoms with Crippen LogP contribution in [-0.2, 0) is 60.7 Å². The van der Waals surface area contributed by atoms with E-state index in [0.29, 0.717) is 62.9 Å². The molecular formula is C66H94N10O12S2. The van der Waals surface area contributed by atoms with Gasteiger partial charge in [0.2, 0.25) is 47.3 Å². The van der Waals surface area contributed by atoms with E-state index in [1.54, 1.807) is 98.5 Å². The third kappa shape index (κ3) is 14.4. The van der Waals surface area contributed by atoms with E-state index in [-0.39, 0.29) is 60.6 Å². The predicted octanol–water partition coefficient (Wildman–Crippen LogP) is 6.16. The molecule has 0 saturated carbocycles. The first kappa shape index (κ1) is 67.8. The Morgan fingerprint density at radius 2 is 0.889 bits per heavy atom. The molecule has 10 amide bonds. The van der Waals surface area contributed by atoms with Gasteiger partial charge in [-0.15, -0.1) is 23.5 Å². The van der Waals surface area contributed by atoms with Crippen LogP contribution in [-0.4, -0.2) is 199 Å². The van der Waals surface area contributed by atoms with Gasteiger partial charge in [0.1, 0.15) is 47.5 Å². The second kappa shape index (κ2) is 26.6. The lowest BCUT2D eigenvalue weighted by Crippen LogP contribution is -2.60. The van der Waals surface area contributed by atoms with Crippen LogP contribution in [0.4, 0.5) is 9.59 Å². The number of benzene rings is 2. The Kier molecular flexibility index (Phi) is 20.0. The highest BCUT2D eigenvalue weighted by Crippen LogP contribution is 2.49. The molecule has 5 fully saturated rings. The van der Waals surface area contributed by atoms with Crippen molar-refractivity contribution in [3.63, 3.8) is 0 Å². The number of thioether (sulfide) groups is 2. The molecule has 5 heterocycles. The summed E-state index contributed by atoms with van der Waals surface area (Å²) >= 11 is 3.14. The second-order valence-corrected chi connectivity index (χ2v) is 31.4. The van der Waals surface area contributed by atoms with E-state index < -0.39 is 118 Å². The van der Waals surface area contributed by atoms with E-state index in [1.807, 2.05) is 76.2 Å². The van der Waals surface area contributed by atoms with E-state index >= 15 is 19.2 Å². The van der Waals surface area contributed by atoms with E-state index in [4.69, 9.17) is 9.47 Å². The summed E-state index contributed by atoms with van der Waals surface area (Å²) in [5, 5.41) is 11.7. The standard InChI is InChI=1S/C66H94N10O12S2/c1-37(71(13)61(85)87-63(3,4)5)53(77)67-45-27-33-89-47-35-65(9,10)51(75(47)59(45)83)55(79)69-49-41-21-17-15-19-39(41)23-25-43(49)57(81)73-29-31-74(32-30-73)58(82)44-26-24-40-20-16-18-22-42(40)50(44)70-56(80)52-66(11,12)36-48-76(52)60(84)46(28-34-90-48)68-54(78)38(2)72(14)62(86)88-64(6,7)8/h15-22,37-38,43-52H,23-36H2,1-14H3,(H,67,77)(H,68,78)(H,69,79)(H,70,80)/t37-,38-,43+,44+,45-,46-,47-,48-,49-,50-,51+,52+/m0/s1. The maximum Gasteiger partial charge on any atom is 0.410 e. The van der Waals surface area contributed by atoms with Crippen LogP contribution in [0.25, 0.3) is 0 Å². The molecule has 5 aliphatic heterocycles. The van der Waals surface area contributed by atoms with Crippen molar-refractivity contribution in [1.29, 1.82) is 0 Å². The minimum atomic E-state index is -0.961. The van der Waals surface area contributed by atoms with Crippen molar-refractivity contribution < 1.29 is 57.4 Å². The van der Waals surface area contributed by atoms with Crippen molar-refractivity contribution in [2.45, 2.75) is 205 Å². The van der Waals surface area contributed by atoms with Gasteiger partial charge in [0.25, 0.3) is 0 Å². The van der Waals surface area contributed by atoms with Gasteiger partial charge in [-0.1, -0.05) is 76.2 Å². The van der Waals surface area contributed by atoms with Crippen LogP contribution < -0.4 is 21.3 Å². The second-order valence-electron chi connectivity index (χ2n) is 28.9. The van der Waals surface area contributed by atoms with Crippen molar-refractivity contribution >= 4 is 83.0 Å². The number of aryl methyl sites for hydroxylation is 2. The first-order chi connectivity index (χ1) is 42.2. The molecule has 2 aromatic carbocycles. The number of hydrogen-bond donors (Lipinski definition) is 4. The van der Waals surface area contributed by atoms with Crippen LogP contribution in [0.15, 0.2) is 48.5 Å². The van der Waals surface area contributed by atoms with Crippen molar-refractivity contribution in [2.24, 2.45) is 22.7 Å². The van der Waals surface area contributed by atoms with Crippen LogP contribution in [0.1, 0.15) is 156 Å². The summed E-state index contributed by atoms with van der Waals surface area (Å²) in [6.45, 7) is 22.3. The SMILES string of the molecule is C[C@@H](C(=O)N[C@H]1CCS[C@H]2CC(C)(C)[C@@H](C(=O)N[C@H]3c4ccccc4CC[C@H]3C(=O)N3CCN(C(=O)[C@@H]4CCc5ccccc5[C@@H]4NC(=O)[C@H]4N5C(=O)[C@@H](NC(=O)[C@H](C)N(C)C(=O)OC(C)(C)C)CCS[C@H]5CC4(C)C)CC3)N2C1=O)N(C)C(=O)OC(C)(C)C. The summed E-state index contributed by atoms with van der Waals surface area (Å²) in [6.07, 6.45) is 2.43. The summed E-state index contributed by atoms with van der Waals surface area (Å²) in [5.41, 5.74) is 0.714. The third-order valence-corrected chi connectivity index (χ3v) is 21.7. The molecule has 0 aromatic heterocycles. The van der Waals surface area contributed by atoms with Gasteiger partial charge in [0, 0.05) is 40.3 Å². The van der Waals surface area contributed by atoms with E-state index in [0.717, 1.165) is 22.3 Å². The van der Waals surface area contributed by atoms with Crippen LogP contribution in [0.5, 0.6) is 0 Å². The van der Waals surface area contributed by atoms with Gasteiger partial charge in [-0.3, -0.25) is 48.2 Å². The Hall–Kier alpha value is -6.56. The topological polar surface area (TPSA) is 257 Å². The predicted molar refractivity (Wildman–Crippen MR) is 342 cm³/mol. The molecule has 0 unspecified atom stereocenters. The van der Waals surface area contributed by atoms with Crippen LogP contribution in [0.2, 0.25) is 0 Å². The molecule has 24 heteroatoms. The molecule has 12 atom stereocenters. The highest BCUT2D eigenvalue weighted by atomic mass is 32.2. The lowest BCUT2D eigenvalue weighted by molar-refractivity contribution is -0.148. The van der Waals surface area contributed by atoms with Crippen molar-refractivity contribution in [1.82, 2.24) is 50.7 Å². The molecule has 2 aromatic rings. The minimum absolute atomic E-state index is 0.153. The molecular weight excluding hydrogens is 1190 g/mol. The molecule has 22 nitrogen and oxygen atoms in total. The summed E-state index contributed by atoms with van der Waals surface area (Å²) in [7, 11) is 2.94. The zero-order chi connectivity index (χ0) is 65.7. The largest absolute Gasteiger partial charge is 0.444 e. The fraction of sp³-hybridized carbons (Fsp3) is 0.667. The average Bonchev–Trinajstić information content (AvgIpc) is 1.55. The number of ether oxygens (including phenoxy) is 2. The molecule has 0 bridgehead atoms. The van der Waals surface area contributed by atoms with Gasteiger partial charge in [-0.25, -0.2) is 9.59 Å². The molecule has 7 aliphatic rings. The van der Waals surface area contributed by atoms with Crippen LogP contribution in [0, 0.1) is 22.7 Å². The normalized spacial score (nSPS) is 27.8. The van der Waals surface area contributed by atoms with Gasteiger partial charge < -0.3 is 50.3 Å². The minimum Gasteiger partial charge on any atom is -0.444 e. The Labute approximate surface area is 538 Å². The van der Waals surface area contributed by atoms with Gasteiger partial charge >= 0.3 is 12.2 Å². The number of likely N-dealkylation sites (N-methyl/N-ethyl adjacent to an activating group) is 2. The zero-order valence-corrected chi connectivity index (χ0v) is 56.5. The van der Waals surface area contributed by atoms with Crippen LogP contribution >= 0.6 is 23.5 Å². The number of fused-ring (bicyclic) bond motifs is 4. The maximum absolute atomic E-state index is 15.2. The maximum atomic E-state index is 15.2. The smallest absolute Gasteiger partial charge is 0.410 e. The zero-order valence-electron chi connectivity index (χ0n) is 54.8. The van der Waals surface area contributed by atoms with E-state index in [1.165, 1.54) is 23.9 Å². The highest BCUT2D eigenvalue weighted by Gasteiger charge is 2.57. The van der Waals surface area contributed by atoms with Crippen molar-refractivity contribution in [2.75, 3.05) is 51.8 Å². The summed E-state index contributed by atoms with van der Waals surface area (Å²) in [5.74, 6) is -3.18. The molecule has 5 saturated heterocycles. The molecule has 2 aliphatic carbocycles. The fourth-order valence-electron chi connectivity index (χ4n) is 14.1. The summed E-state index contributed by atoms with van der Waals surface area (Å²) in [4.78, 5) is 153. The number of carbonyl (C=O) groups excluding carboxylic acids is 10. The molecule has 0 spiro atoms. The quantitative estimate of drug-likeness (QED) is 0.186.